The Morgan fingerprint density at radius 1 is 1.41 bits per heavy atom. The van der Waals surface area contributed by atoms with Crippen molar-refractivity contribution in [3.8, 4) is 0 Å². The monoisotopic (exact) mass is 237 g/mol. The molecule has 0 saturated carbocycles. The highest BCUT2D eigenvalue weighted by atomic mass is 16.2. The van der Waals surface area contributed by atoms with Crippen LogP contribution in [0.2, 0.25) is 0 Å². The zero-order valence-electron chi connectivity index (χ0n) is 9.40. The van der Waals surface area contributed by atoms with Crippen molar-refractivity contribution in [3.63, 3.8) is 0 Å². The zero-order valence-corrected chi connectivity index (χ0v) is 9.40. The lowest BCUT2D eigenvalue weighted by atomic mass is 10.3. The first-order valence-electron chi connectivity index (χ1n) is 5.53. The van der Waals surface area contributed by atoms with Crippen LogP contribution in [0.1, 0.15) is 6.42 Å². The standard InChI is InChI=1S/C10H15N5O2/c16-9(13-8-1-2-12-14-8)7-10(17)15-5-3-11-4-6-15/h1-2,11H,3-7H2,(H2,12,13,14,16). The number of anilines is 1. The normalized spacial score (nSPS) is 15.6. The van der Waals surface area contributed by atoms with E-state index in [0.717, 1.165) is 13.1 Å². The molecular weight excluding hydrogens is 222 g/mol. The SMILES string of the molecule is O=C(CC(=O)N1CCNCC1)Nc1ccn[nH]1. The average molecular weight is 237 g/mol. The Morgan fingerprint density at radius 2 is 2.18 bits per heavy atom. The Bertz CT molecular complexity index is 383. The van der Waals surface area contributed by atoms with Crippen molar-refractivity contribution in [2.24, 2.45) is 0 Å². The first kappa shape index (κ1) is 11.6. The molecule has 92 valence electrons. The average Bonchev–Trinajstić information content (AvgIpc) is 2.82. The third-order valence-corrected chi connectivity index (χ3v) is 2.56. The second kappa shape index (κ2) is 5.44. The Kier molecular flexibility index (Phi) is 3.71. The molecule has 0 aromatic carbocycles. The maximum atomic E-state index is 11.7. The lowest BCUT2D eigenvalue weighted by molar-refractivity contribution is -0.135. The van der Waals surface area contributed by atoms with Gasteiger partial charge in [0.25, 0.3) is 0 Å². The number of amides is 2. The second-order valence-corrected chi connectivity index (χ2v) is 3.83. The van der Waals surface area contributed by atoms with Crippen molar-refractivity contribution in [1.29, 1.82) is 0 Å². The van der Waals surface area contributed by atoms with Gasteiger partial charge in [0.2, 0.25) is 11.8 Å². The molecule has 0 bridgehead atoms. The third kappa shape index (κ3) is 3.28. The smallest absolute Gasteiger partial charge is 0.234 e. The lowest BCUT2D eigenvalue weighted by Gasteiger charge is -2.27. The number of aromatic nitrogens is 2. The van der Waals surface area contributed by atoms with Crippen LogP contribution < -0.4 is 10.6 Å². The number of hydrogen-bond acceptors (Lipinski definition) is 4. The second-order valence-electron chi connectivity index (χ2n) is 3.83. The number of hydrogen-bond donors (Lipinski definition) is 3. The number of rotatable bonds is 3. The molecule has 1 saturated heterocycles. The van der Waals surface area contributed by atoms with Crippen LogP contribution in [0.4, 0.5) is 5.82 Å². The number of nitrogens with zero attached hydrogens (tertiary/aromatic N) is 2. The van der Waals surface area contributed by atoms with E-state index in [-0.39, 0.29) is 18.2 Å². The summed E-state index contributed by atoms with van der Waals surface area (Å²) in [7, 11) is 0. The predicted octanol–water partition coefficient (Wildman–Crippen LogP) is -0.830. The van der Waals surface area contributed by atoms with Crippen molar-refractivity contribution >= 4 is 17.6 Å². The highest BCUT2D eigenvalue weighted by molar-refractivity contribution is 6.03. The van der Waals surface area contributed by atoms with Crippen LogP contribution in [0.15, 0.2) is 12.3 Å². The topological polar surface area (TPSA) is 90.1 Å². The molecule has 7 nitrogen and oxygen atoms in total. The van der Waals surface area contributed by atoms with Gasteiger partial charge >= 0.3 is 0 Å². The minimum absolute atomic E-state index is 0.126. The largest absolute Gasteiger partial charge is 0.340 e. The van der Waals surface area contributed by atoms with Crippen molar-refractivity contribution in [1.82, 2.24) is 20.4 Å². The summed E-state index contributed by atoms with van der Waals surface area (Å²) in [4.78, 5) is 25.0. The van der Waals surface area contributed by atoms with E-state index in [1.807, 2.05) is 0 Å². The molecule has 7 heteroatoms. The fraction of sp³-hybridized carbons (Fsp3) is 0.500. The predicted molar refractivity (Wildman–Crippen MR) is 61.3 cm³/mol. The molecule has 0 unspecified atom stereocenters. The Hall–Kier alpha value is -1.89. The van der Waals surface area contributed by atoms with Gasteiger partial charge in [0.15, 0.2) is 0 Å². The molecule has 3 N–H and O–H groups in total. The fourth-order valence-electron chi connectivity index (χ4n) is 1.68. The van der Waals surface area contributed by atoms with Gasteiger partial charge in [-0.2, -0.15) is 5.10 Å². The number of H-pyrrole nitrogens is 1. The third-order valence-electron chi connectivity index (χ3n) is 2.56. The van der Waals surface area contributed by atoms with E-state index >= 15 is 0 Å². The van der Waals surface area contributed by atoms with Crippen LogP contribution in [0, 0.1) is 0 Å². The van der Waals surface area contributed by atoms with E-state index in [2.05, 4.69) is 20.8 Å². The van der Waals surface area contributed by atoms with Gasteiger partial charge in [-0.1, -0.05) is 0 Å². The van der Waals surface area contributed by atoms with Gasteiger partial charge in [0, 0.05) is 32.2 Å². The number of nitrogens with one attached hydrogen (secondary N) is 3. The van der Waals surface area contributed by atoms with E-state index in [9.17, 15) is 9.59 Å². The number of carbonyl (C=O) groups is 2. The summed E-state index contributed by atoms with van der Waals surface area (Å²) in [5.41, 5.74) is 0. The fourth-order valence-corrected chi connectivity index (χ4v) is 1.68. The van der Waals surface area contributed by atoms with Gasteiger partial charge in [-0.3, -0.25) is 14.7 Å². The maximum Gasteiger partial charge on any atom is 0.234 e. The minimum atomic E-state index is -0.321. The quantitative estimate of drug-likeness (QED) is 0.598. The first-order chi connectivity index (χ1) is 8.25. The van der Waals surface area contributed by atoms with Crippen LogP contribution in [-0.4, -0.2) is 53.1 Å². The molecule has 1 aliphatic rings. The molecule has 0 aliphatic carbocycles. The highest BCUT2D eigenvalue weighted by Crippen LogP contribution is 2.02. The van der Waals surface area contributed by atoms with Crippen molar-refractivity contribution in [3.05, 3.63) is 12.3 Å². The van der Waals surface area contributed by atoms with Crippen LogP contribution >= 0.6 is 0 Å². The molecule has 0 radical (unpaired) electrons. The van der Waals surface area contributed by atoms with E-state index in [0.29, 0.717) is 18.9 Å². The summed E-state index contributed by atoms with van der Waals surface area (Å²) in [6.07, 6.45) is 1.41. The van der Waals surface area contributed by atoms with E-state index in [4.69, 9.17) is 0 Å². The van der Waals surface area contributed by atoms with Crippen molar-refractivity contribution < 1.29 is 9.59 Å². The highest BCUT2D eigenvalue weighted by Gasteiger charge is 2.19. The van der Waals surface area contributed by atoms with E-state index < -0.39 is 0 Å². The molecule has 0 atom stereocenters. The summed E-state index contributed by atoms with van der Waals surface area (Å²) in [6, 6.07) is 1.63. The number of piperazine rings is 1. The summed E-state index contributed by atoms with van der Waals surface area (Å²) in [6.45, 7) is 2.90. The van der Waals surface area contributed by atoms with E-state index in [1.165, 1.54) is 6.20 Å². The molecule has 2 rings (SSSR count). The molecular formula is C10H15N5O2. The molecule has 17 heavy (non-hydrogen) atoms. The summed E-state index contributed by atoms with van der Waals surface area (Å²) in [5.74, 6) is 0.0457. The van der Waals surface area contributed by atoms with Crippen LogP contribution in [0.3, 0.4) is 0 Å². The summed E-state index contributed by atoms with van der Waals surface area (Å²) in [5, 5.41) is 12.0. The first-order valence-corrected chi connectivity index (χ1v) is 5.53. The Balaban J connectivity index is 1.79. The molecule has 2 heterocycles. The molecule has 0 spiro atoms. The minimum Gasteiger partial charge on any atom is -0.340 e. The van der Waals surface area contributed by atoms with Gasteiger partial charge in [0.1, 0.15) is 12.2 Å². The van der Waals surface area contributed by atoms with Gasteiger partial charge < -0.3 is 15.5 Å². The number of carbonyl (C=O) groups excluding carboxylic acids is 2. The van der Waals surface area contributed by atoms with Gasteiger partial charge in [-0.25, -0.2) is 0 Å². The Morgan fingerprint density at radius 3 is 2.82 bits per heavy atom. The Labute approximate surface area is 98.6 Å². The molecule has 1 fully saturated rings. The van der Waals surface area contributed by atoms with Gasteiger partial charge in [0.05, 0.1) is 6.20 Å². The molecule has 1 aromatic rings. The molecule has 1 aliphatic heterocycles. The summed E-state index contributed by atoms with van der Waals surface area (Å²) < 4.78 is 0. The van der Waals surface area contributed by atoms with Crippen LogP contribution in [0.5, 0.6) is 0 Å². The molecule has 1 aromatic heterocycles. The van der Waals surface area contributed by atoms with Crippen molar-refractivity contribution in [2.75, 3.05) is 31.5 Å². The van der Waals surface area contributed by atoms with Crippen LogP contribution in [0.25, 0.3) is 0 Å². The lowest BCUT2D eigenvalue weighted by Crippen LogP contribution is -2.47. The molecule has 2 amide bonds. The zero-order chi connectivity index (χ0) is 12.1. The maximum absolute atomic E-state index is 11.7. The van der Waals surface area contributed by atoms with Gasteiger partial charge in [-0.15, -0.1) is 0 Å². The van der Waals surface area contributed by atoms with Crippen LogP contribution in [-0.2, 0) is 9.59 Å². The summed E-state index contributed by atoms with van der Waals surface area (Å²) >= 11 is 0. The van der Waals surface area contributed by atoms with Gasteiger partial charge in [-0.05, 0) is 0 Å². The van der Waals surface area contributed by atoms with Crippen molar-refractivity contribution in [2.45, 2.75) is 6.42 Å². The van der Waals surface area contributed by atoms with E-state index in [1.54, 1.807) is 11.0 Å². The number of aromatic amines is 1.